The maximum atomic E-state index is 6.36. The second-order valence-electron chi connectivity index (χ2n) is 4.39. The van der Waals surface area contributed by atoms with Crippen LogP contribution in [0.15, 0.2) is 29.6 Å². The molecule has 0 spiro atoms. The number of rotatable bonds is 6. The second-order valence-corrected chi connectivity index (χ2v) is 5.75. The van der Waals surface area contributed by atoms with Crippen LogP contribution in [0.3, 0.4) is 0 Å². The summed E-state index contributed by atoms with van der Waals surface area (Å²) in [4.78, 5) is 1.31. The van der Waals surface area contributed by atoms with Crippen LogP contribution < -0.4 is 14.8 Å². The van der Waals surface area contributed by atoms with Crippen LogP contribution >= 0.6 is 22.9 Å². The Bertz CT molecular complexity index is 557. The molecule has 0 saturated carbocycles. The molecule has 1 atom stereocenters. The van der Waals surface area contributed by atoms with Gasteiger partial charge in [-0.25, -0.2) is 0 Å². The summed E-state index contributed by atoms with van der Waals surface area (Å²) in [6, 6.07) is 8.30. The van der Waals surface area contributed by atoms with Crippen LogP contribution in [0.25, 0.3) is 0 Å². The maximum absolute atomic E-state index is 6.36. The third-order valence-electron chi connectivity index (χ3n) is 3.13. The molecule has 0 unspecified atom stereocenters. The van der Waals surface area contributed by atoms with Gasteiger partial charge in [0, 0.05) is 17.5 Å². The van der Waals surface area contributed by atoms with Crippen molar-refractivity contribution in [2.75, 3.05) is 14.2 Å². The molecular weight excluding hydrogens is 294 g/mol. The van der Waals surface area contributed by atoms with Crippen molar-refractivity contribution >= 4 is 22.9 Å². The van der Waals surface area contributed by atoms with Gasteiger partial charge in [-0.2, -0.15) is 0 Å². The lowest BCUT2D eigenvalue weighted by atomic mass is 10.1. The molecule has 0 saturated heterocycles. The average molecular weight is 312 g/mol. The Hall–Kier alpha value is -1.23. The molecule has 20 heavy (non-hydrogen) atoms. The fraction of sp³-hybridized carbons (Fsp3) is 0.333. The summed E-state index contributed by atoms with van der Waals surface area (Å²) in [5.41, 5.74) is 0.993. The van der Waals surface area contributed by atoms with E-state index in [1.54, 1.807) is 25.6 Å². The molecule has 108 valence electrons. The lowest BCUT2D eigenvalue weighted by Crippen LogP contribution is -2.17. The zero-order chi connectivity index (χ0) is 14.5. The van der Waals surface area contributed by atoms with Crippen molar-refractivity contribution in [2.24, 2.45) is 0 Å². The Kier molecular flexibility index (Phi) is 5.29. The molecule has 0 fully saturated rings. The van der Waals surface area contributed by atoms with Crippen LogP contribution in [-0.4, -0.2) is 14.2 Å². The number of halogens is 1. The first-order valence-electron chi connectivity index (χ1n) is 6.33. The van der Waals surface area contributed by atoms with E-state index in [4.69, 9.17) is 21.1 Å². The number of benzene rings is 1. The van der Waals surface area contributed by atoms with Gasteiger partial charge in [0.2, 0.25) is 0 Å². The SMILES string of the molecule is COc1ccc(CN[C@@H](C)c2cccs2)c(Cl)c1OC. The van der Waals surface area contributed by atoms with Gasteiger partial charge in [-0.3, -0.25) is 0 Å². The zero-order valence-electron chi connectivity index (χ0n) is 11.8. The van der Waals surface area contributed by atoms with Crippen molar-refractivity contribution in [2.45, 2.75) is 19.5 Å². The first kappa shape index (κ1) is 15.2. The topological polar surface area (TPSA) is 30.5 Å². The van der Waals surface area contributed by atoms with E-state index in [1.807, 2.05) is 12.1 Å². The second kappa shape index (κ2) is 6.97. The first-order chi connectivity index (χ1) is 9.67. The summed E-state index contributed by atoms with van der Waals surface area (Å²) in [5, 5.41) is 6.14. The number of ether oxygens (including phenoxy) is 2. The van der Waals surface area contributed by atoms with Crippen LogP contribution in [0.1, 0.15) is 23.4 Å². The maximum Gasteiger partial charge on any atom is 0.179 e. The highest BCUT2D eigenvalue weighted by Gasteiger charge is 2.14. The van der Waals surface area contributed by atoms with Gasteiger partial charge in [0.25, 0.3) is 0 Å². The third-order valence-corrected chi connectivity index (χ3v) is 4.60. The van der Waals surface area contributed by atoms with Crippen molar-refractivity contribution in [3.63, 3.8) is 0 Å². The molecule has 0 bridgehead atoms. The minimum Gasteiger partial charge on any atom is -0.493 e. The Morgan fingerprint density at radius 2 is 2.05 bits per heavy atom. The summed E-state index contributed by atoms with van der Waals surface area (Å²) in [5.74, 6) is 1.23. The molecule has 0 aliphatic rings. The molecule has 5 heteroatoms. The molecular formula is C15H18ClNO2S. The van der Waals surface area contributed by atoms with Gasteiger partial charge in [0.1, 0.15) is 0 Å². The highest BCUT2D eigenvalue weighted by molar-refractivity contribution is 7.10. The molecule has 1 heterocycles. The van der Waals surface area contributed by atoms with Crippen molar-refractivity contribution in [1.82, 2.24) is 5.32 Å². The van der Waals surface area contributed by atoms with Gasteiger partial charge in [-0.05, 0) is 30.0 Å². The summed E-state index contributed by atoms with van der Waals surface area (Å²) in [6.07, 6.45) is 0. The standard InChI is InChI=1S/C15H18ClNO2S/c1-10(13-5-4-8-20-13)17-9-11-6-7-12(18-2)15(19-3)14(11)16/h4-8,10,17H,9H2,1-3H3/t10-/m0/s1. The highest BCUT2D eigenvalue weighted by Crippen LogP contribution is 2.37. The van der Waals surface area contributed by atoms with Crippen molar-refractivity contribution in [3.8, 4) is 11.5 Å². The monoisotopic (exact) mass is 311 g/mol. The van der Waals surface area contributed by atoms with Gasteiger partial charge in [-0.1, -0.05) is 23.7 Å². The Morgan fingerprint density at radius 3 is 2.65 bits per heavy atom. The number of thiophene rings is 1. The Balaban J connectivity index is 2.10. The van der Waals surface area contributed by atoms with Crippen LogP contribution in [-0.2, 0) is 6.54 Å². The largest absolute Gasteiger partial charge is 0.493 e. The summed E-state index contributed by atoms with van der Waals surface area (Å²) in [7, 11) is 3.19. The number of hydrogen-bond acceptors (Lipinski definition) is 4. The predicted molar refractivity (Wildman–Crippen MR) is 84.1 cm³/mol. The fourth-order valence-corrected chi connectivity index (χ4v) is 3.03. The van der Waals surface area contributed by atoms with E-state index in [0.717, 1.165) is 5.56 Å². The van der Waals surface area contributed by atoms with Crippen molar-refractivity contribution in [3.05, 3.63) is 45.1 Å². The van der Waals surface area contributed by atoms with Crippen LogP contribution in [0.5, 0.6) is 11.5 Å². The first-order valence-corrected chi connectivity index (χ1v) is 7.59. The average Bonchev–Trinajstić information content (AvgIpc) is 2.99. The van der Waals surface area contributed by atoms with E-state index in [2.05, 4.69) is 29.8 Å². The minimum atomic E-state index is 0.291. The van der Waals surface area contributed by atoms with E-state index in [0.29, 0.717) is 29.1 Å². The number of nitrogens with one attached hydrogen (secondary N) is 1. The predicted octanol–water partition coefficient (Wildman–Crippen LogP) is 4.27. The van der Waals surface area contributed by atoms with E-state index in [9.17, 15) is 0 Å². The fourth-order valence-electron chi connectivity index (χ4n) is 1.97. The van der Waals surface area contributed by atoms with E-state index < -0.39 is 0 Å². The quantitative estimate of drug-likeness (QED) is 0.864. The molecule has 1 N–H and O–H groups in total. The zero-order valence-corrected chi connectivity index (χ0v) is 13.3. The molecule has 0 radical (unpaired) electrons. The Labute approximate surface area is 128 Å². The van der Waals surface area contributed by atoms with Gasteiger partial charge >= 0.3 is 0 Å². The third kappa shape index (κ3) is 3.26. The van der Waals surface area contributed by atoms with Crippen LogP contribution in [0, 0.1) is 0 Å². The number of methoxy groups -OCH3 is 2. The van der Waals surface area contributed by atoms with E-state index in [-0.39, 0.29) is 0 Å². The lowest BCUT2D eigenvalue weighted by Gasteiger charge is -2.16. The normalized spacial score (nSPS) is 12.2. The molecule has 2 rings (SSSR count). The van der Waals surface area contributed by atoms with Gasteiger partial charge in [0.05, 0.1) is 19.2 Å². The summed E-state index contributed by atoms with van der Waals surface area (Å²) in [6.45, 7) is 2.82. The number of hydrogen-bond donors (Lipinski definition) is 1. The molecule has 0 amide bonds. The molecule has 1 aromatic carbocycles. The molecule has 2 aromatic rings. The molecule has 3 nitrogen and oxygen atoms in total. The van der Waals surface area contributed by atoms with Crippen LogP contribution in [0.4, 0.5) is 0 Å². The van der Waals surface area contributed by atoms with Crippen LogP contribution in [0.2, 0.25) is 5.02 Å². The van der Waals surface area contributed by atoms with Gasteiger partial charge in [-0.15, -0.1) is 11.3 Å². The van der Waals surface area contributed by atoms with Crippen molar-refractivity contribution in [1.29, 1.82) is 0 Å². The van der Waals surface area contributed by atoms with Gasteiger partial charge in [0.15, 0.2) is 11.5 Å². The minimum absolute atomic E-state index is 0.291. The van der Waals surface area contributed by atoms with E-state index >= 15 is 0 Å². The smallest absolute Gasteiger partial charge is 0.179 e. The summed E-state index contributed by atoms with van der Waals surface area (Å²) >= 11 is 8.10. The van der Waals surface area contributed by atoms with E-state index in [1.165, 1.54) is 4.88 Å². The molecule has 1 aromatic heterocycles. The molecule has 0 aliphatic carbocycles. The lowest BCUT2D eigenvalue weighted by molar-refractivity contribution is 0.354. The highest BCUT2D eigenvalue weighted by atomic mass is 35.5. The molecule has 0 aliphatic heterocycles. The van der Waals surface area contributed by atoms with Gasteiger partial charge < -0.3 is 14.8 Å². The summed E-state index contributed by atoms with van der Waals surface area (Å²) < 4.78 is 10.5. The van der Waals surface area contributed by atoms with Crippen molar-refractivity contribution < 1.29 is 9.47 Å². The Morgan fingerprint density at radius 1 is 1.25 bits per heavy atom.